The molecule has 1 aliphatic heterocycles. The van der Waals surface area contributed by atoms with Crippen LogP contribution >= 0.6 is 24.2 Å². The molecule has 0 saturated heterocycles. The SMILES string of the molecule is CC(C)(C)SCC(=O)Nc1ccc2c(c1)CCN2.Cl. The van der Waals surface area contributed by atoms with Gasteiger partial charge in [0.1, 0.15) is 0 Å². The molecule has 2 rings (SSSR count). The van der Waals surface area contributed by atoms with Crippen LogP contribution in [0.25, 0.3) is 0 Å². The summed E-state index contributed by atoms with van der Waals surface area (Å²) in [6.45, 7) is 7.34. The molecule has 0 atom stereocenters. The molecule has 0 fully saturated rings. The molecule has 1 aromatic carbocycles. The average molecular weight is 301 g/mol. The van der Waals surface area contributed by atoms with E-state index >= 15 is 0 Å². The summed E-state index contributed by atoms with van der Waals surface area (Å²) in [6.07, 6.45) is 1.04. The van der Waals surface area contributed by atoms with E-state index in [1.807, 2.05) is 12.1 Å². The Bertz CT molecular complexity index is 457. The Morgan fingerprint density at radius 1 is 1.42 bits per heavy atom. The Kier molecular flexibility index (Phi) is 5.56. The molecule has 0 aliphatic carbocycles. The van der Waals surface area contributed by atoms with Gasteiger partial charge in [0.2, 0.25) is 5.91 Å². The van der Waals surface area contributed by atoms with Crippen molar-refractivity contribution in [1.29, 1.82) is 0 Å². The second-order valence-electron chi connectivity index (χ2n) is 5.50. The van der Waals surface area contributed by atoms with E-state index in [0.717, 1.165) is 18.7 Å². The number of benzene rings is 1. The summed E-state index contributed by atoms with van der Waals surface area (Å²) in [6, 6.07) is 6.06. The first-order valence-corrected chi connectivity index (χ1v) is 7.23. The number of hydrogen-bond donors (Lipinski definition) is 2. The molecule has 0 spiro atoms. The van der Waals surface area contributed by atoms with Crippen molar-refractivity contribution in [2.75, 3.05) is 22.9 Å². The molecular weight excluding hydrogens is 280 g/mol. The lowest BCUT2D eigenvalue weighted by Gasteiger charge is -2.17. The van der Waals surface area contributed by atoms with Gasteiger partial charge in [0.05, 0.1) is 5.75 Å². The van der Waals surface area contributed by atoms with Crippen LogP contribution in [0.3, 0.4) is 0 Å². The van der Waals surface area contributed by atoms with Crippen LogP contribution in [-0.4, -0.2) is 23.0 Å². The zero-order chi connectivity index (χ0) is 13.2. The van der Waals surface area contributed by atoms with Crippen LogP contribution in [0.5, 0.6) is 0 Å². The van der Waals surface area contributed by atoms with Crippen LogP contribution in [0, 0.1) is 0 Å². The number of rotatable bonds is 3. The molecule has 106 valence electrons. The number of halogens is 1. The number of fused-ring (bicyclic) bond motifs is 1. The van der Waals surface area contributed by atoms with Gasteiger partial charge in [0.15, 0.2) is 0 Å². The standard InChI is InChI=1S/C14H20N2OS.ClH/c1-14(2,3)18-9-13(17)16-11-4-5-12-10(8-11)6-7-15-12;/h4-5,8,15H,6-7,9H2,1-3H3,(H,16,17);1H. The van der Waals surface area contributed by atoms with Gasteiger partial charge in [-0.1, -0.05) is 20.8 Å². The summed E-state index contributed by atoms with van der Waals surface area (Å²) >= 11 is 1.66. The monoisotopic (exact) mass is 300 g/mol. The van der Waals surface area contributed by atoms with E-state index in [1.165, 1.54) is 11.3 Å². The molecule has 1 amide bonds. The molecule has 1 heterocycles. The fourth-order valence-electron chi connectivity index (χ4n) is 1.86. The summed E-state index contributed by atoms with van der Waals surface area (Å²) in [5.74, 6) is 0.569. The first-order valence-electron chi connectivity index (χ1n) is 6.25. The van der Waals surface area contributed by atoms with E-state index < -0.39 is 0 Å². The fraction of sp³-hybridized carbons (Fsp3) is 0.500. The molecule has 0 aromatic heterocycles. The summed E-state index contributed by atoms with van der Waals surface area (Å²) < 4.78 is 0.124. The second-order valence-corrected chi connectivity index (χ2v) is 7.30. The predicted molar refractivity (Wildman–Crippen MR) is 86.7 cm³/mol. The minimum atomic E-state index is 0. The number of anilines is 2. The molecule has 2 N–H and O–H groups in total. The van der Waals surface area contributed by atoms with E-state index in [1.54, 1.807) is 11.8 Å². The summed E-state index contributed by atoms with van der Waals surface area (Å²) in [5.41, 5.74) is 3.38. The maximum atomic E-state index is 11.8. The highest BCUT2D eigenvalue weighted by molar-refractivity contribution is 8.01. The van der Waals surface area contributed by atoms with Crippen LogP contribution < -0.4 is 10.6 Å². The van der Waals surface area contributed by atoms with Crippen molar-refractivity contribution in [3.63, 3.8) is 0 Å². The smallest absolute Gasteiger partial charge is 0.234 e. The zero-order valence-electron chi connectivity index (χ0n) is 11.6. The zero-order valence-corrected chi connectivity index (χ0v) is 13.2. The van der Waals surface area contributed by atoms with Crippen LogP contribution in [0.15, 0.2) is 18.2 Å². The second kappa shape index (κ2) is 6.53. The fourth-order valence-corrected chi connectivity index (χ4v) is 2.50. The number of amides is 1. The van der Waals surface area contributed by atoms with E-state index in [9.17, 15) is 4.79 Å². The summed E-state index contributed by atoms with van der Waals surface area (Å²) in [5, 5.41) is 6.27. The van der Waals surface area contributed by atoms with Gasteiger partial charge in [-0.25, -0.2) is 0 Å². The third-order valence-electron chi connectivity index (χ3n) is 2.74. The topological polar surface area (TPSA) is 41.1 Å². The van der Waals surface area contributed by atoms with Crippen LogP contribution in [0.1, 0.15) is 26.3 Å². The van der Waals surface area contributed by atoms with E-state index in [2.05, 4.69) is 37.5 Å². The molecule has 0 saturated carbocycles. The molecule has 0 unspecified atom stereocenters. The molecule has 19 heavy (non-hydrogen) atoms. The van der Waals surface area contributed by atoms with Crippen LogP contribution in [-0.2, 0) is 11.2 Å². The van der Waals surface area contributed by atoms with E-state index in [-0.39, 0.29) is 23.1 Å². The van der Waals surface area contributed by atoms with Gasteiger partial charge in [-0.2, -0.15) is 0 Å². The normalized spacial score (nSPS) is 13.2. The number of carbonyl (C=O) groups excluding carboxylic acids is 1. The van der Waals surface area contributed by atoms with Crippen molar-refractivity contribution >= 4 is 41.5 Å². The minimum Gasteiger partial charge on any atom is -0.384 e. The van der Waals surface area contributed by atoms with Crippen LogP contribution in [0.2, 0.25) is 0 Å². The van der Waals surface area contributed by atoms with Gasteiger partial charge < -0.3 is 10.6 Å². The maximum Gasteiger partial charge on any atom is 0.234 e. The first kappa shape index (κ1) is 16.2. The van der Waals surface area contributed by atoms with Crippen molar-refractivity contribution < 1.29 is 4.79 Å². The van der Waals surface area contributed by atoms with Crippen molar-refractivity contribution in [2.45, 2.75) is 31.9 Å². The Labute approximate surface area is 125 Å². The predicted octanol–water partition coefficient (Wildman–Crippen LogP) is 3.55. The van der Waals surface area contributed by atoms with Gasteiger partial charge in [-0.05, 0) is 30.2 Å². The number of carbonyl (C=O) groups is 1. The molecule has 0 bridgehead atoms. The van der Waals surface area contributed by atoms with Gasteiger partial charge in [-0.15, -0.1) is 24.2 Å². The Morgan fingerprint density at radius 2 is 2.16 bits per heavy atom. The highest BCUT2D eigenvalue weighted by atomic mass is 35.5. The Morgan fingerprint density at radius 3 is 2.84 bits per heavy atom. The van der Waals surface area contributed by atoms with Crippen molar-refractivity contribution in [2.24, 2.45) is 0 Å². The van der Waals surface area contributed by atoms with E-state index in [4.69, 9.17) is 0 Å². The van der Waals surface area contributed by atoms with Gasteiger partial charge >= 0.3 is 0 Å². The highest BCUT2D eigenvalue weighted by Gasteiger charge is 2.14. The third kappa shape index (κ3) is 4.96. The van der Waals surface area contributed by atoms with Gasteiger partial charge in [-0.3, -0.25) is 4.79 Å². The number of nitrogens with one attached hydrogen (secondary N) is 2. The maximum absolute atomic E-state index is 11.8. The van der Waals surface area contributed by atoms with E-state index in [0.29, 0.717) is 5.75 Å². The number of hydrogen-bond acceptors (Lipinski definition) is 3. The van der Waals surface area contributed by atoms with Crippen molar-refractivity contribution in [1.82, 2.24) is 0 Å². The number of thioether (sulfide) groups is 1. The lowest BCUT2D eigenvalue weighted by Crippen LogP contribution is -2.18. The van der Waals surface area contributed by atoms with Gasteiger partial charge in [0, 0.05) is 22.7 Å². The summed E-state index contributed by atoms with van der Waals surface area (Å²) in [4.78, 5) is 11.8. The molecule has 1 aliphatic rings. The molecule has 5 heteroatoms. The van der Waals surface area contributed by atoms with Crippen molar-refractivity contribution in [3.05, 3.63) is 23.8 Å². The van der Waals surface area contributed by atoms with Gasteiger partial charge in [0.25, 0.3) is 0 Å². The molecule has 0 radical (unpaired) electrons. The lowest BCUT2D eigenvalue weighted by molar-refractivity contribution is -0.113. The Balaban J connectivity index is 0.00000180. The lowest BCUT2D eigenvalue weighted by atomic mass is 10.1. The highest BCUT2D eigenvalue weighted by Crippen LogP contribution is 2.26. The Hall–Kier alpha value is -0.870. The quantitative estimate of drug-likeness (QED) is 0.897. The molecule has 3 nitrogen and oxygen atoms in total. The first-order chi connectivity index (χ1) is 8.44. The largest absolute Gasteiger partial charge is 0.384 e. The minimum absolute atomic E-state index is 0. The van der Waals surface area contributed by atoms with Crippen molar-refractivity contribution in [3.8, 4) is 0 Å². The van der Waals surface area contributed by atoms with Crippen LogP contribution in [0.4, 0.5) is 11.4 Å². The summed E-state index contributed by atoms with van der Waals surface area (Å²) in [7, 11) is 0. The molecule has 1 aromatic rings. The average Bonchev–Trinajstić information content (AvgIpc) is 2.72. The molecular formula is C14H21ClN2OS. The third-order valence-corrected chi connectivity index (χ3v) is 4.01.